The molecule has 3 aromatic rings. The maximum absolute atomic E-state index is 12.9. The summed E-state index contributed by atoms with van der Waals surface area (Å²) < 4.78 is 0. The van der Waals surface area contributed by atoms with Crippen molar-refractivity contribution < 1.29 is 4.79 Å². The fourth-order valence-electron chi connectivity index (χ4n) is 2.67. The molecule has 5 heteroatoms. The van der Waals surface area contributed by atoms with Gasteiger partial charge >= 0.3 is 0 Å². The Morgan fingerprint density at radius 3 is 2.62 bits per heavy atom. The topological polar surface area (TPSA) is 69.0 Å². The largest absolute Gasteiger partial charge is 0.354 e. The highest BCUT2D eigenvalue weighted by Crippen LogP contribution is 2.20. The van der Waals surface area contributed by atoms with Crippen LogP contribution < -0.4 is 10.2 Å². The van der Waals surface area contributed by atoms with Crippen molar-refractivity contribution in [1.82, 2.24) is 4.98 Å². The molecule has 0 atom stereocenters. The van der Waals surface area contributed by atoms with Crippen LogP contribution in [0.5, 0.6) is 0 Å². The molecule has 3 rings (SSSR count). The van der Waals surface area contributed by atoms with Crippen LogP contribution in [0, 0.1) is 11.3 Å². The zero-order valence-corrected chi connectivity index (χ0v) is 14.4. The molecule has 0 saturated heterocycles. The van der Waals surface area contributed by atoms with Crippen LogP contribution in [0.25, 0.3) is 0 Å². The molecule has 1 heterocycles. The lowest BCUT2D eigenvalue weighted by Gasteiger charge is -2.21. The summed E-state index contributed by atoms with van der Waals surface area (Å²) in [6, 6.07) is 20.6. The molecule has 0 unspecified atom stereocenters. The summed E-state index contributed by atoms with van der Waals surface area (Å²) in [7, 11) is 0. The number of nitriles is 1. The number of para-hydroxylation sites is 1. The van der Waals surface area contributed by atoms with E-state index in [0.29, 0.717) is 23.4 Å². The summed E-state index contributed by atoms with van der Waals surface area (Å²) in [5, 5.41) is 12.2. The molecule has 0 radical (unpaired) electrons. The first-order valence-electron chi connectivity index (χ1n) is 8.30. The predicted molar refractivity (Wildman–Crippen MR) is 102 cm³/mol. The fraction of sp³-hybridized carbons (Fsp3) is 0.0952. The van der Waals surface area contributed by atoms with E-state index in [1.54, 1.807) is 41.6 Å². The lowest BCUT2D eigenvalue weighted by atomic mass is 10.2. The third-order valence-corrected chi connectivity index (χ3v) is 3.89. The maximum Gasteiger partial charge on any atom is 0.259 e. The first kappa shape index (κ1) is 17.2. The minimum Gasteiger partial charge on any atom is -0.354 e. The monoisotopic (exact) mass is 342 g/mol. The average molecular weight is 342 g/mol. The molecule has 0 bridgehead atoms. The molecule has 0 aliphatic rings. The van der Waals surface area contributed by atoms with E-state index < -0.39 is 0 Å². The number of nitrogens with one attached hydrogen (secondary N) is 1. The summed E-state index contributed by atoms with van der Waals surface area (Å²) in [5.41, 5.74) is 3.37. The predicted octanol–water partition coefficient (Wildman–Crippen LogP) is 4.36. The molecule has 0 fully saturated rings. The highest BCUT2D eigenvalue weighted by molar-refractivity contribution is 6.06. The van der Waals surface area contributed by atoms with Gasteiger partial charge in [0.15, 0.2) is 0 Å². The van der Waals surface area contributed by atoms with Crippen molar-refractivity contribution in [3.8, 4) is 6.07 Å². The number of carbonyl (C=O) groups excluding carboxylic acids is 1. The van der Waals surface area contributed by atoms with E-state index in [1.807, 2.05) is 43.3 Å². The number of rotatable bonds is 5. The summed E-state index contributed by atoms with van der Waals surface area (Å²) in [5.74, 6) is -0.111. The number of carbonyl (C=O) groups is 1. The van der Waals surface area contributed by atoms with E-state index in [2.05, 4.69) is 16.4 Å². The van der Waals surface area contributed by atoms with Crippen molar-refractivity contribution in [2.45, 2.75) is 6.92 Å². The summed E-state index contributed by atoms with van der Waals surface area (Å²) in [4.78, 5) is 18.8. The molecular formula is C21H18N4O. The first-order valence-corrected chi connectivity index (χ1v) is 8.30. The number of pyridine rings is 1. The molecule has 128 valence electrons. The van der Waals surface area contributed by atoms with Gasteiger partial charge in [0.1, 0.15) is 0 Å². The summed E-state index contributed by atoms with van der Waals surface area (Å²) >= 11 is 0. The molecule has 0 aliphatic heterocycles. The smallest absolute Gasteiger partial charge is 0.259 e. The quantitative estimate of drug-likeness (QED) is 0.748. The van der Waals surface area contributed by atoms with Crippen LogP contribution in [-0.4, -0.2) is 17.4 Å². The first-order chi connectivity index (χ1) is 12.7. The Labute approximate surface area is 152 Å². The van der Waals surface area contributed by atoms with Crippen molar-refractivity contribution in [2.24, 2.45) is 0 Å². The zero-order chi connectivity index (χ0) is 18.4. The molecule has 1 amide bonds. The van der Waals surface area contributed by atoms with Gasteiger partial charge in [-0.2, -0.15) is 5.26 Å². The molecule has 1 aromatic heterocycles. The lowest BCUT2D eigenvalue weighted by molar-refractivity contribution is 0.0988. The van der Waals surface area contributed by atoms with Gasteiger partial charge in [0, 0.05) is 24.1 Å². The lowest BCUT2D eigenvalue weighted by Crippen LogP contribution is -2.30. The number of aromatic nitrogens is 1. The van der Waals surface area contributed by atoms with Gasteiger partial charge in [-0.15, -0.1) is 0 Å². The highest BCUT2D eigenvalue weighted by atomic mass is 16.2. The molecule has 0 saturated carbocycles. The van der Waals surface area contributed by atoms with Gasteiger partial charge < -0.3 is 10.2 Å². The number of benzene rings is 2. The standard InChI is InChI=1S/C21H18N4O/c1-2-25(20-9-4-3-5-10-20)21(26)17-12-19(15-23-14-17)24-18-8-6-7-16(11-18)13-22/h3-12,14-15,24H,2H2,1H3. The number of anilines is 3. The summed E-state index contributed by atoms with van der Waals surface area (Å²) in [6.07, 6.45) is 3.21. The van der Waals surface area contributed by atoms with Crippen LogP contribution in [0.1, 0.15) is 22.8 Å². The van der Waals surface area contributed by atoms with Gasteiger partial charge in [0.2, 0.25) is 0 Å². The van der Waals surface area contributed by atoms with Crippen molar-refractivity contribution >= 4 is 23.0 Å². The molecule has 1 N–H and O–H groups in total. The van der Waals surface area contributed by atoms with Crippen LogP contribution in [-0.2, 0) is 0 Å². The molecule has 26 heavy (non-hydrogen) atoms. The average Bonchev–Trinajstić information content (AvgIpc) is 2.69. The fourth-order valence-corrected chi connectivity index (χ4v) is 2.67. The van der Waals surface area contributed by atoms with Crippen molar-refractivity contribution in [1.29, 1.82) is 5.26 Å². The third kappa shape index (κ3) is 3.87. The van der Waals surface area contributed by atoms with Gasteiger partial charge in [-0.3, -0.25) is 9.78 Å². The van der Waals surface area contributed by atoms with Crippen molar-refractivity contribution in [2.75, 3.05) is 16.8 Å². The Balaban J connectivity index is 1.84. The Hall–Kier alpha value is -3.65. The van der Waals surface area contributed by atoms with Gasteiger partial charge in [-0.1, -0.05) is 24.3 Å². The van der Waals surface area contributed by atoms with Crippen molar-refractivity contribution in [3.63, 3.8) is 0 Å². The Morgan fingerprint density at radius 1 is 1.08 bits per heavy atom. The zero-order valence-electron chi connectivity index (χ0n) is 14.4. The van der Waals surface area contributed by atoms with Crippen molar-refractivity contribution in [3.05, 3.63) is 84.2 Å². The second-order valence-electron chi connectivity index (χ2n) is 5.66. The number of hydrogen-bond donors (Lipinski definition) is 1. The number of hydrogen-bond acceptors (Lipinski definition) is 4. The van der Waals surface area contributed by atoms with Gasteiger partial charge in [0.05, 0.1) is 29.1 Å². The van der Waals surface area contributed by atoms with Gasteiger partial charge in [-0.25, -0.2) is 0 Å². The number of amides is 1. The van der Waals surface area contributed by atoms with E-state index in [0.717, 1.165) is 11.4 Å². The second-order valence-corrected chi connectivity index (χ2v) is 5.66. The van der Waals surface area contributed by atoms with Crippen LogP contribution in [0.4, 0.5) is 17.1 Å². The van der Waals surface area contributed by atoms with Crippen LogP contribution in [0.15, 0.2) is 73.1 Å². The van der Waals surface area contributed by atoms with E-state index in [1.165, 1.54) is 0 Å². The van der Waals surface area contributed by atoms with E-state index in [4.69, 9.17) is 5.26 Å². The Morgan fingerprint density at radius 2 is 1.88 bits per heavy atom. The Bertz CT molecular complexity index is 947. The second kappa shape index (κ2) is 7.95. The minimum atomic E-state index is -0.111. The van der Waals surface area contributed by atoms with E-state index in [-0.39, 0.29) is 5.91 Å². The van der Waals surface area contributed by atoms with E-state index >= 15 is 0 Å². The van der Waals surface area contributed by atoms with Crippen LogP contribution in [0.3, 0.4) is 0 Å². The molecule has 2 aromatic carbocycles. The highest BCUT2D eigenvalue weighted by Gasteiger charge is 2.16. The maximum atomic E-state index is 12.9. The normalized spacial score (nSPS) is 10.0. The molecular weight excluding hydrogens is 324 g/mol. The summed E-state index contributed by atoms with van der Waals surface area (Å²) in [6.45, 7) is 2.50. The molecule has 0 spiro atoms. The van der Waals surface area contributed by atoms with Gasteiger partial charge in [0.25, 0.3) is 5.91 Å². The van der Waals surface area contributed by atoms with Crippen LogP contribution >= 0.6 is 0 Å². The third-order valence-electron chi connectivity index (χ3n) is 3.89. The minimum absolute atomic E-state index is 0.111. The molecule has 0 aliphatic carbocycles. The molecule has 5 nitrogen and oxygen atoms in total. The SMILES string of the molecule is CCN(C(=O)c1cncc(Nc2cccc(C#N)c2)c1)c1ccccc1. The Kier molecular flexibility index (Phi) is 5.25. The van der Waals surface area contributed by atoms with Crippen LogP contribution in [0.2, 0.25) is 0 Å². The van der Waals surface area contributed by atoms with E-state index in [9.17, 15) is 4.79 Å². The van der Waals surface area contributed by atoms with Gasteiger partial charge in [-0.05, 0) is 43.3 Å². The number of nitrogens with zero attached hydrogens (tertiary/aromatic N) is 3.